The summed E-state index contributed by atoms with van der Waals surface area (Å²) in [6, 6.07) is 13.3. The summed E-state index contributed by atoms with van der Waals surface area (Å²) in [5.41, 5.74) is 5.10. The zero-order valence-corrected chi connectivity index (χ0v) is 18.1. The minimum atomic E-state index is -0.363. The van der Waals surface area contributed by atoms with Gasteiger partial charge in [0.2, 0.25) is 5.75 Å². The van der Waals surface area contributed by atoms with Gasteiger partial charge < -0.3 is 14.2 Å². The molecule has 0 atom stereocenters. The Balaban J connectivity index is 2.15. The van der Waals surface area contributed by atoms with E-state index in [-0.39, 0.29) is 5.91 Å². The lowest BCUT2D eigenvalue weighted by Gasteiger charge is -2.13. The second kappa shape index (κ2) is 12.3. The SMILES string of the molecule is CCCCCC(C=NNC(=O)c1cc(OC)c(OC)c(OC)c1)=Cc1ccccc1. The first kappa shape index (κ1) is 23.0. The average Bonchev–Trinajstić information content (AvgIpc) is 2.78. The molecule has 2 aromatic rings. The summed E-state index contributed by atoms with van der Waals surface area (Å²) < 4.78 is 15.9. The van der Waals surface area contributed by atoms with Crippen LogP contribution < -0.4 is 19.6 Å². The molecule has 0 heterocycles. The van der Waals surface area contributed by atoms with E-state index in [9.17, 15) is 4.79 Å². The number of ether oxygens (including phenoxy) is 3. The predicted molar refractivity (Wildman–Crippen MR) is 121 cm³/mol. The minimum absolute atomic E-state index is 0.362. The number of allylic oxidation sites excluding steroid dienone is 1. The fourth-order valence-corrected chi connectivity index (χ4v) is 2.97. The van der Waals surface area contributed by atoms with Gasteiger partial charge in [-0.25, -0.2) is 5.43 Å². The molecule has 1 amide bonds. The Morgan fingerprint density at radius 1 is 1.00 bits per heavy atom. The number of carbonyl (C=O) groups is 1. The first-order valence-corrected chi connectivity index (χ1v) is 10.0. The van der Waals surface area contributed by atoms with E-state index in [1.165, 1.54) is 21.3 Å². The third-order valence-electron chi connectivity index (χ3n) is 4.54. The fraction of sp³-hybridized carbons (Fsp3) is 0.333. The average molecular weight is 411 g/mol. The highest BCUT2D eigenvalue weighted by Crippen LogP contribution is 2.38. The molecule has 6 heteroatoms. The zero-order chi connectivity index (χ0) is 21.8. The summed E-state index contributed by atoms with van der Waals surface area (Å²) in [7, 11) is 4.53. The van der Waals surface area contributed by atoms with Gasteiger partial charge >= 0.3 is 0 Å². The summed E-state index contributed by atoms with van der Waals surface area (Å²) in [4.78, 5) is 12.6. The van der Waals surface area contributed by atoms with Gasteiger partial charge in [0.25, 0.3) is 5.91 Å². The van der Waals surface area contributed by atoms with Crippen LogP contribution in [0.5, 0.6) is 17.2 Å². The molecule has 160 valence electrons. The second-order valence-corrected chi connectivity index (χ2v) is 6.70. The van der Waals surface area contributed by atoms with Crippen molar-refractivity contribution >= 4 is 18.2 Å². The van der Waals surface area contributed by atoms with Gasteiger partial charge in [-0.15, -0.1) is 0 Å². The summed E-state index contributed by atoms with van der Waals surface area (Å²) in [5.74, 6) is 0.896. The highest BCUT2D eigenvalue weighted by molar-refractivity contribution is 5.96. The smallest absolute Gasteiger partial charge is 0.271 e. The van der Waals surface area contributed by atoms with Crippen LogP contribution in [0.3, 0.4) is 0 Å². The second-order valence-electron chi connectivity index (χ2n) is 6.70. The number of carbonyl (C=O) groups excluding carboxylic acids is 1. The van der Waals surface area contributed by atoms with Crippen molar-refractivity contribution in [2.45, 2.75) is 32.6 Å². The quantitative estimate of drug-likeness (QED) is 0.318. The van der Waals surface area contributed by atoms with Crippen molar-refractivity contribution in [1.82, 2.24) is 5.43 Å². The highest BCUT2D eigenvalue weighted by atomic mass is 16.5. The molecule has 1 N–H and O–H groups in total. The van der Waals surface area contributed by atoms with E-state index in [4.69, 9.17) is 14.2 Å². The maximum Gasteiger partial charge on any atom is 0.271 e. The van der Waals surface area contributed by atoms with Crippen LogP contribution in [0.2, 0.25) is 0 Å². The topological polar surface area (TPSA) is 69.2 Å². The van der Waals surface area contributed by atoms with Gasteiger partial charge in [-0.3, -0.25) is 4.79 Å². The third-order valence-corrected chi connectivity index (χ3v) is 4.54. The van der Waals surface area contributed by atoms with Crippen molar-refractivity contribution in [3.63, 3.8) is 0 Å². The van der Waals surface area contributed by atoms with Gasteiger partial charge in [0.15, 0.2) is 11.5 Å². The minimum Gasteiger partial charge on any atom is -0.493 e. The number of amides is 1. The molecule has 0 spiro atoms. The molecular formula is C24H30N2O4. The molecule has 0 fully saturated rings. The van der Waals surface area contributed by atoms with Crippen LogP contribution in [-0.4, -0.2) is 33.5 Å². The number of benzene rings is 2. The van der Waals surface area contributed by atoms with E-state index < -0.39 is 0 Å². The van der Waals surface area contributed by atoms with E-state index in [0.29, 0.717) is 22.8 Å². The lowest BCUT2D eigenvalue weighted by molar-refractivity contribution is 0.0954. The number of nitrogens with one attached hydrogen (secondary N) is 1. The maximum absolute atomic E-state index is 12.6. The third kappa shape index (κ3) is 6.65. The number of methoxy groups -OCH3 is 3. The predicted octanol–water partition coefficient (Wildman–Crippen LogP) is 5.09. The van der Waals surface area contributed by atoms with Crippen molar-refractivity contribution in [2.24, 2.45) is 5.10 Å². The Morgan fingerprint density at radius 3 is 2.23 bits per heavy atom. The van der Waals surface area contributed by atoms with Gasteiger partial charge in [0, 0.05) is 5.56 Å². The Bertz CT molecular complexity index is 851. The fourth-order valence-electron chi connectivity index (χ4n) is 2.97. The van der Waals surface area contributed by atoms with Crippen LogP contribution in [-0.2, 0) is 0 Å². The van der Waals surface area contributed by atoms with Crippen LogP contribution in [0.15, 0.2) is 53.1 Å². The molecule has 0 aliphatic rings. The first-order chi connectivity index (χ1) is 14.6. The van der Waals surface area contributed by atoms with Crippen LogP contribution in [0, 0.1) is 0 Å². The molecule has 0 saturated heterocycles. The van der Waals surface area contributed by atoms with Crippen molar-refractivity contribution < 1.29 is 19.0 Å². The number of rotatable bonds is 11. The molecule has 0 radical (unpaired) electrons. The van der Waals surface area contributed by atoms with Crippen LogP contribution in [0.1, 0.15) is 48.5 Å². The molecule has 6 nitrogen and oxygen atoms in total. The van der Waals surface area contributed by atoms with Gasteiger partial charge in [-0.1, -0.05) is 56.2 Å². The molecule has 0 bridgehead atoms. The van der Waals surface area contributed by atoms with Crippen molar-refractivity contribution in [2.75, 3.05) is 21.3 Å². The summed E-state index contributed by atoms with van der Waals surface area (Å²) in [6.07, 6.45) is 8.06. The van der Waals surface area contributed by atoms with Gasteiger partial charge in [0.05, 0.1) is 27.5 Å². The number of hydrogen-bond acceptors (Lipinski definition) is 5. The van der Waals surface area contributed by atoms with E-state index in [1.807, 2.05) is 30.3 Å². The number of hydrazone groups is 1. The van der Waals surface area contributed by atoms with E-state index in [1.54, 1.807) is 18.3 Å². The summed E-state index contributed by atoms with van der Waals surface area (Å²) in [6.45, 7) is 2.17. The number of nitrogens with zero attached hydrogens (tertiary/aromatic N) is 1. The largest absolute Gasteiger partial charge is 0.493 e. The van der Waals surface area contributed by atoms with Crippen LogP contribution in [0.4, 0.5) is 0 Å². The maximum atomic E-state index is 12.6. The number of hydrogen-bond donors (Lipinski definition) is 1. The Kier molecular flexibility index (Phi) is 9.45. The Hall–Kier alpha value is -3.28. The standard InChI is InChI=1S/C24H30N2O4/c1-5-6-8-13-19(14-18-11-9-7-10-12-18)17-25-26-24(27)20-15-21(28-2)23(30-4)22(16-20)29-3/h7,9-12,14-17H,5-6,8,13H2,1-4H3,(H,26,27). The molecule has 0 aliphatic carbocycles. The van der Waals surface area contributed by atoms with Gasteiger partial charge in [-0.2, -0.15) is 5.10 Å². The van der Waals surface area contributed by atoms with Crippen molar-refractivity contribution in [3.05, 3.63) is 59.2 Å². The normalized spacial score (nSPS) is 11.4. The molecular weight excluding hydrogens is 380 g/mol. The van der Waals surface area contributed by atoms with Gasteiger partial charge in [0.1, 0.15) is 0 Å². The van der Waals surface area contributed by atoms with Crippen LogP contribution >= 0.6 is 0 Å². The zero-order valence-electron chi connectivity index (χ0n) is 18.1. The van der Waals surface area contributed by atoms with Crippen molar-refractivity contribution in [3.8, 4) is 17.2 Å². The summed E-state index contributed by atoms with van der Waals surface area (Å²) in [5, 5.41) is 4.17. The Labute approximate surface area is 178 Å². The molecule has 2 rings (SSSR count). The molecule has 30 heavy (non-hydrogen) atoms. The lowest BCUT2D eigenvalue weighted by atomic mass is 10.1. The van der Waals surface area contributed by atoms with E-state index >= 15 is 0 Å². The lowest BCUT2D eigenvalue weighted by Crippen LogP contribution is -2.18. The molecule has 0 unspecified atom stereocenters. The van der Waals surface area contributed by atoms with Gasteiger partial charge in [-0.05, 0) is 36.1 Å². The molecule has 0 saturated carbocycles. The monoisotopic (exact) mass is 410 g/mol. The first-order valence-electron chi connectivity index (χ1n) is 10.0. The molecule has 2 aromatic carbocycles. The van der Waals surface area contributed by atoms with E-state index in [2.05, 4.69) is 23.5 Å². The Morgan fingerprint density at radius 2 is 1.67 bits per heavy atom. The van der Waals surface area contributed by atoms with Crippen molar-refractivity contribution in [1.29, 1.82) is 0 Å². The highest BCUT2D eigenvalue weighted by Gasteiger charge is 2.16. The summed E-state index contributed by atoms with van der Waals surface area (Å²) >= 11 is 0. The number of unbranched alkanes of at least 4 members (excludes halogenated alkanes) is 2. The molecule has 0 aliphatic heterocycles. The van der Waals surface area contributed by atoms with E-state index in [0.717, 1.165) is 36.8 Å². The molecule has 0 aromatic heterocycles. The van der Waals surface area contributed by atoms with Crippen LogP contribution in [0.25, 0.3) is 6.08 Å².